The number of aromatic nitrogens is 1. The molecule has 5 nitrogen and oxygen atoms in total. The molecule has 3 aromatic carbocycles. The third-order valence-electron chi connectivity index (χ3n) is 4.63. The third kappa shape index (κ3) is 3.16. The summed E-state index contributed by atoms with van der Waals surface area (Å²) in [4.78, 5) is 16.2. The SMILES string of the molecule is NC(=O)c1ccc(C(N)c2ccc3ncsc3c2)cc1-c1ccccc1N. The molecule has 0 aliphatic carbocycles. The molecule has 0 saturated heterocycles. The highest BCUT2D eigenvalue weighted by Crippen LogP contribution is 2.33. The van der Waals surface area contributed by atoms with E-state index in [4.69, 9.17) is 17.2 Å². The smallest absolute Gasteiger partial charge is 0.249 e. The van der Waals surface area contributed by atoms with Crippen LogP contribution in [0, 0.1) is 0 Å². The second kappa shape index (κ2) is 6.83. The molecular formula is C21H18N4OS. The lowest BCUT2D eigenvalue weighted by Crippen LogP contribution is -2.15. The van der Waals surface area contributed by atoms with E-state index >= 15 is 0 Å². The number of hydrogen-bond acceptors (Lipinski definition) is 5. The molecule has 6 heteroatoms. The van der Waals surface area contributed by atoms with Gasteiger partial charge < -0.3 is 17.2 Å². The first kappa shape index (κ1) is 17.2. The number of para-hydroxylation sites is 1. The Morgan fingerprint density at radius 1 is 0.963 bits per heavy atom. The van der Waals surface area contributed by atoms with Crippen molar-refractivity contribution in [1.29, 1.82) is 0 Å². The summed E-state index contributed by atoms with van der Waals surface area (Å²) in [5, 5.41) is 0. The minimum atomic E-state index is -0.501. The Morgan fingerprint density at radius 3 is 2.48 bits per heavy atom. The van der Waals surface area contributed by atoms with Gasteiger partial charge in [0.1, 0.15) is 0 Å². The van der Waals surface area contributed by atoms with Gasteiger partial charge in [-0.3, -0.25) is 4.79 Å². The number of nitrogens with two attached hydrogens (primary N) is 3. The van der Waals surface area contributed by atoms with Crippen molar-refractivity contribution in [3.05, 3.63) is 82.9 Å². The first-order valence-corrected chi connectivity index (χ1v) is 9.30. The molecule has 0 radical (unpaired) electrons. The number of amides is 1. The van der Waals surface area contributed by atoms with Crippen molar-refractivity contribution in [2.75, 3.05) is 5.73 Å². The average Bonchev–Trinajstić information content (AvgIpc) is 3.15. The molecule has 0 aliphatic rings. The minimum absolute atomic E-state index is 0.345. The molecule has 27 heavy (non-hydrogen) atoms. The fourth-order valence-corrected chi connectivity index (χ4v) is 3.92. The van der Waals surface area contributed by atoms with Gasteiger partial charge in [-0.25, -0.2) is 4.98 Å². The molecule has 0 spiro atoms. The summed E-state index contributed by atoms with van der Waals surface area (Å²) >= 11 is 1.58. The molecule has 0 bridgehead atoms. The molecule has 0 saturated carbocycles. The predicted molar refractivity (Wildman–Crippen MR) is 110 cm³/mol. The molecular weight excluding hydrogens is 356 g/mol. The van der Waals surface area contributed by atoms with Crippen LogP contribution < -0.4 is 17.2 Å². The highest BCUT2D eigenvalue weighted by molar-refractivity contribution is 7.16. The van der Waals surface area contributed by atoms with Crippen LogP contribution in [0.1, 0.15) is 27.5 Å². The first-order valence-electron chi connectivity index (χ1n) is 8.42. The molecule has 4 aromatic rings. The van der Waals surface area contributed by atoms with Gasteiger partial charge in [-0.05, 0) is 47.0 Å². The first-order chi connectivity index (χ1) is 13.0. The van der Waals surface area contributed by atoms with Crippen molar-refractivity contribution in [3.63, 3.8) is 0 Å². The molecule has 1 aromatic heterocycles. The van der Waals surface area contributed by atoms with E-state index in [0.29, 0.717) is 16.8 Å². The molecule has 1 amide bonds. The number of benzene rings is 3. The molecule has 6 N–H and O–H groups in total. The van der Waals surface area contributed by atoms with E-state index in [1.54, 1.807) is 23.5 Å². The Labute approximate surface area is 160 Å². The van der Waals surface area contributed by atoms with Crippen molar-refractivity contribution >= 4 is 33.1 Å². The normalized spacial score (nSPS) is 12.2. The van der Waals surface area contributed by atoms with Gasteiger partial charge in [-0.15, -0.1) is 11.3 Å². The van der Waals surface area contributed by atoms with Crippen LogP contribution in [0.3, 0.4) is 0 Å². The lowest BCUT2D eigenvalue weighted by atomic mass is 9.91. The van der Waals surface area contributed by atoms with Crippen LogP contribution in [0.25, 0.3) is 21.3 Å². The summed E-state index contributed by atoms with van der Waals surface area (Å²) in [5.41, 5.74) is 25.3. The monoisotopic (exact) mass is 374 g/mol. The van der Waals surface area contributed by atoms with E-state index in [1.807, 2.05) is 48.0 Å². The van der Waals surface area contributed by atoms with E-state index in [-0.39, 0.29) is 6.04 Å². The second-order valence-corrected chi connectivity index (χ2v) is 7.20. The van der Waals surface area contributed by atoms with E-state index < -0.39 is 5.91 Å². The zero-order valence-corrected chi connectivity index (χ0v) is 15.2. The number of nitrogen functional groups attached to an aromatic ring is 1. The number of thiazole rings is 1. The number of fused-ring (bicyclic) bond motifs is 1. The van der Waals surface area contributed by atoms with Gasteiger partial charge in [-0.1, -0.05) is 30.3 Å². The Balaban J connectivity index is 1.82. The number of primary amides is 1. The van der Waals surface area contributed by atoms with Gasteiger partial charge in [0.25, 0.3) is 0 Å². The quantitative estimate of drug-likeness (QED) is 0.473. The molecule has 4 rings (SSSR count). The van der Waals surface area contributed by atoms with Gasteiger partial charge in [0, 0.05) is 16.8 Å². The summed E-state index contributed by atoms with van der Waals surface area (Å²) in [7, 11) is 0. The molecule has 0 aliphatic heterocycles. The van der Waals surface area contributed by atoms with Crippen LogP contribution in [0.2, 0.25) is 0 Å². The summed E-state index contributed by atoms with van der Waals surface area (Å²) in [5.74, 6) is -0.501. The third-order valence-corrected chi connectivity index (χ3v) is 5.43. The highest BCUT2D eigenvalue weighted by atomic mass is 32.1. The van der Waals surface area contributed by atoms with Crippen LogP contribution >= 0.6 is 11.3 Å². The number of hydrogen-bond donors (Lipinski definition) is 3. The zero-order chi connectivity index (χ0) is 19.0. The zero-order valence-electron chi connectivity index (χ0n) is 14.4. The minimum Gasteiger partial charge on any atom is -0.398 e. The maximum absolute atomic E-state index is 11.9. The highest BCUT2D eigenvalue weighted by Gasteiger charge is 2.17. The number of carbonyl (C=O) groups excluding carboxylic acids is 1. The fourth-order valence-electron chi connectivity index (χ4n) is 3.19. The standard InChI is InChI=1S/C21H18N4OS/c22-17-4-2-1-3-14(17)16-9-12(5-7-15(16)21(24)26)20(23)13-6-8-18-19(10-13)27-11-25-18/h1-11,20H,22-23H2,(H2,24,26). The summed E-state index contributed by atoms with van der Waals surface area (Å²) < 4.78 is 1.09. The van der Waals surface area contributed by atoms with Crippen LogP contribution in [-0.2, 0) is 0 Å². The lowest BCUT2D eigenvalue weighted by molar-refractivity contribution is 0.100. The Hall–Kier alpha value is -3.22. The van der Waals surface area contributed by atoms with E-state index in [1.165, 1.54) is 0 Å². The summed E-state index contributed by atoms with van der Waals surface area (Å²) in [6.07, 6.45) is 0. The van der Waals surface area contributed by atoms with Crippen molar-refractivity contribution in [2.24, 2.45) is 11.5 Å². The molecule has 0 fully saturated rings. The van der Waals surface area contributed by atoms with E-state index in [9.17, 15) is 4.79 Å². The van der Waals surface area contributed by atoms with Crippen LogP contribution in [0.4, 0.5) is 5.69 Å². The van der Waals surface area contributed by atoms with Gasteiger partial charge in [0.05, 0.1) is 21.8 Å². The average molecular weight is 374 g/mol. The number of anilines is 1. The topological polar surface area (TPSA) is 108 Å². The summed E-state index contributed by atoms with van der Waals surface area (Å²) in [6.45, 7) is 0. The fraction of sp³-hybridized carbons (Fsp3) is 0.0476. The van der Waals surface area contributed by atoms with Gasteiger partial charge >= 0.3 is 0 Å². The number of carbonyl (C=O) groups is 1. The number of rotatable bonds is 4. The van der Waals surface area contributed by atoms with Crippen LogP contribution in [-0.4, -0.2) is 10.9 Å². The van der Waals surface area contributed by atoms with Crippen molar-refractivity contribution in [3.8, 4) is 11.1 Å². The van der Waals surface area contributed by atoms with Gasteiger partial charge in [0.15, 0.2) is 0 Å². The van der Waals surface area contributed by atoms with Crippen molar-refractivity contribution < 1.29 is 4.79 Å². The Bertz CT molecular complexity index is 1150. The maximum atomic E-state index is 11.9. The molecule has 134 valence electrons. The van der Waals surface area contributed by atoms with Gasteiger partial charge in [-0.2, -0.15) is 0 Å². The molecule has 1 heterocycles. The van der Waals surface area contributed by atoms with Gasteiger partial charge in [0.2, 0.25) is 5.91 Å². The lowest BCUT2D eigenvalue weighted by Gasteiger charge is -2.17. The van der Waals surface area contributed by atoms with E-state index in [2.05, 4.69) is 11.1 Å². The van der Waals surface area contributed by atoms with Crippen LogP contribution in [0.15, 0.2) is 66.2 Å². The Morgan fingerprint density at radius 2 is 1.70 bits per heavy atom. The number of nitrogens with zero attached hydrogens (tertiary/aromatic N) is 1. The Kier molecular flexibility index (Phi) is 4.35. The summed E-state index contributed by atoms with van der Waals surface area (Å²) in [6, 6.07) is 18.5. The largest absolute Gasteiger partial charge is 0.398 e. The van der Waals surface area contributed by atoms with Crippen LogP contribution in [0.5, 0.6) is 0 Å². The molecule has 1 atom stereocenters. The van der Waals surface area contributed by atoms with E-state index in [0.717, 1.165) is 26.9 Å². The molecule has 1 unspecified atom stereocenters. The predicted octanol–water partition coefficient (Wildman–Crippen LogP) is 3.69. The van der Waals surface area contributed by atoms with Crippen molar-refractivity contribution in [2.45, 2.75) is 6.04 Å². The van der Waals surface area contributed by atoms with Crippen molar-refractivity contribution in [1.82, 2.24) is 4.98 Å². The second-order valence-electron chi connectivity index (χ2n) is 6.31. The maximum Gasteiger partial charge on any atom is 0.249 e.